The van der Waals surface area contributed by atoms with E-state index in [4.69, 9.17) is 11.6 Å². The first kappa shape index (κ1) is 29.8. The number of benzene rings is 1. The fourth-order valence-corrected chi connectivity index (χ4v) is 6.75. The predicted molar refractivity (Wildman–Crippen MR) is 162 cm³/mol. The lowest BCUT2D eigenvalue weighted by Gasteiger charge is -2.40. The topological polar surface area (TPSA) is 118 Å². The molecule has 2 fully saturated rings. The van der Waals surface area contributed by atoms with E-state index >= 15 is 8.78 Å². The van der Waals surface area contributed by atoms with Gasteiger partial charge < -0.3 is 9.80 Å². The van der Waals surface area contributed by atoms with Crippen molar-refractivity contribution in [2.75, 3.05) is 30.8 Å². The van der Waals surface area contributed by atoms with Crippen LogP contribution in [0, 0.1) is 11.6 Å². The van der Waals surface area contributed by atoms with Gasteiger partial charge in [-0.05, 0) is 61.6 Å². The van der Waals surface area contributed by atoms with Crippen LogP contribution in [0.3, 0.4) is 0 Å². The molecule has 14 heteroatoms. The summed E-state index contributed by atoms with van der Waals surface area (Å²) in [7, 11) is -3.96. The summed E-state index contributed by atoms with van der Waals surface area (Å²) < 4.78 is 57.0. The van der Waals surface area contributed by atoms with E-state index in [0.717, 1.165) is 35.8 Å². The Morgan fingerprint density at radius 1 is 1.14 bits per heavy atom. The van der Waals surface area contributed by atoms with Crippen LogP contribution in [0.5, 0.6) is 0 Å². The number of sulfone groups is 1. The molecule has 1 saturated heterocycles. The number of halogens is 3. The Kier molecular flexibility index (Phi) is 7.49. The minimum atomic E-state index is -3.96. The Hall–Kier alpha value is -4.23. The number of carbonyl (C=O) groups is 1. The number of fused-ring (bicyclic) bond motifs is 1. The average Bonchev–Trinajstić information content (AvgIpc) is 3.82. The molecule has 3 aromatic heterocycles. The van der Waals surface area contributed by atoms with Gasteiger partial charge in [0.2, 0.25) is 5.91 Å². The summed E-state index contributed by atoms with van der Waals surface area (Å²) in [4.78, 5) is 42.9. The molecule has 6 rings (SSSR count). The second-order valence-electron chi connectivity index (χ2n) is 11.0. The zero-order valence-corrected chi connectivity index (χ0v) is 25.4. The van der Waals surface area contributed by atoms with Gasteiger partial charge in [0.15, 0.2) is 20.5 Å². The first-order valence-electron chi connectivity index (χ1n) is 13.9. The number of carbonyl (C=O) groups excluding carboxylic acids is 1. The third-order valence-corrected chi connectivity index (χ3v) is 9.19. The quantitative estimate of drug-likeness (QED) is 0.287. The van der Waals surface area contributed by atoms with Crippen LogP contribution in [-0.4, -0.2) is 70.7 Å². The molecule has 1 saturated carbocycles. The van der Waals surface area contributed by atoms with Crippen molar-refractivity contribution < 1.29 is 22.0 Å². The lowest BCUT2D eigenvalue weighted by molar-refractivity contribution is -0.126. The molecule has 0 radical (unpaired) electrons. The van der Waals surface area contributed by atoms with Gasteiger partial charge >= 0.3 is 5.69 Å². The standard InChI is InChI=1S/C30H27ClF2N6O4S/c1-4-23(40)37-12-13-38(16(2)15-37)27-19-14-20(31)25(24-21(32)6-5-7-22(24)33)35-28(19)39(30(41)36-27)26-18(17-8-9-17)10-11-34-29(26)44(3,42)43/h4-7,10-11,14,16-17H,1,8-9,12-13,15H2,2-3H3/t16-/m0/s1. The molecule has 0 spiro atoms. The predicted octanol–water partition coefficient (Wildman–Crippen LogP) is 4.28. The zero-order chi connectivity index (χ0) is 31.5. The average molecular weight is 641 g/mol. The van der Waals surface area contributed by atoms with E-state index in [2.05, 4.69) is 21.5 Å². The molecule has 1 aromatic carbocycles. The van der Waals surface area contributed by atoms with Crippen LogP contribution < -0.4 is 10.6 Å². The van der Waals surface area contributed by atoms with Gasteiger partial charge in [-0.1, -0.05) is 24.2 Å². The highest BCUT2D eigenvalue weighted by atomic mass is 35.5. The molecule has 0 N–H and O–H groups in total. The van der Waals surface area contributed by atoms with Gasteiger partial charge in [-0.3, -0.25) is 4.79 Å². The molecule has 4 heterocycles. The Labute approximate surface area is 256 Å². The van der Waals surface area contributed by atoms with Crippen LogP contribution in [0.25, 0.3) is 28.0 Å². The number of aromatic nitrogens is 4. The molecular formula is C30H27ClF2N6O4S. The molecule has 1 amide bonds. The summed E-state index contributed by atoms with van der Waals surface area (Å²) in [6, 6.07) is 6.09. The minimum Gasteiger partial charge on any atom is -0.350 e. The Balaban J connectivity index is 1.69. The van der Waals surface area contributed by atoms with E-state index in [1.54, 1.807) is 11.0 Å². The first-order chi connectivity index (χ1) is 20.9. The van der Waals surface area contributed by atoms with Gasteiger partial charge in [-0.15, -0.1) is 0 Å². The van der Waals surface area contributed by atoms with E-state index < -0.39 is 32.7 Å². The Bertz CT molecular complexity index is 2010. The van der Waals surface area contributed by atoms with Crippen molar-refractivity contribution >= 4 is 44.2 Å². The third kappa shape index (κ3) is 5.13. The smallest absolute Gasteiger partial charge is 0.350 e. The van der Waals surface area contributed by atoms with Crippen molar-refractivity contribution in [1.29, 1.82) is 0 Å². The molecule has 228 valence electrons. The van der Waals surface area contributed by atoms with Gasteiger partial charge in [-0.2, -0.15) is 4.98 Å². The van der Waals surface area contributed by atoms with Gasteiger partial charge in [0, 0.05) is 38.1 Å². The number of piperazine rings is 1. The number of amides is 1. The van der Waals surface area contributed by atoms with Crippen LogP contribution >= 0.6 is 11.6 Å². The molecule has 4 aromatic rings. The molecule has 0 unspecified atom stereocenters. The second-order valence-corrected chi connectivity index (χ2v) is 13.3. The molecule has 44 heavy (non-hydrogen) atoms. The highest BCUT2D eigenvalue weighted by Gasteiger charge is 2.34. The van der Waals surface area contributed by atoms with Gasteiger partial charge in [0.05, 0.1) is 27.4 Å². The first-order valence-corrected chi connectivity index (χ1v) is 16.1. The van der Waals surface area contributed by atoms with E-state index in [0.29, 0.717) is 25.2 Å². The van der Waals surface area contributed by atoms with E-state index in [1.807, 2.05) is 11.8 Å². The third-order valence-electron chi connectivity index (χ3n) is 7.90. The minimum absolute atomic E-state index is 0.00391. The van der Waals surface area contributed by atoms with Gasteiger partial charge in [0.1, 0.15) is 17.5 Å². The van der Waals surface area contributed by atoms with Crippen LogP contribution in [0.2, 0.25) is 5.02 Å². The number of hydrogen-bond donors (Lipinski definition) is 0. The summed E-state index contributed by atoms with van der Waals surface area (Å²) in [6.07, 6.45) is 5.14. The zero-order valence-electron chi connectivity index (χ0n) is 23.8. The lowest BCUT2D eigenvalue weighted by Crippen LogP contribution is -2.54. The van der Waals surface area contributed by atoms with Crippen LogP contribution in [0.15, 0.2) is 59.0 Å². The van der Waals surface area contributed by atoms with E-state index in [1.165, 1.54) is 24.4 Å². The molecule has 0 bridgehead atoms. The van der Waals surface area contributed by atoms with Crippen molar-refractivity contribution in [3.8, 4) is 16.9 Å². The van der Waals surface area contributed by atoms with Crippen LogP contribution in [0.1, 0.15) is 31.2 Å². The number of nitrogens with zero attached hydrogens (tertiary/aromatic N) is 6. The van der Waals surface area contributed by atoms with Crippen molar-refractivity contribution in [2.45, 2.75) is 36.8 Å². The lowest BCUT2D eigenvalue weighted by atomic mass is 10.1. The molecule has 10 nitrogen and oxygen atoms in total. The van der Waals surface area contributed by atoms with Crippen molar-refractivity contribution in [2.24, 2.45) is 0 Å². The maximum Gasteiger partial charge on any atom is 0.355 e. The fraction of sp³-hybridized carbons (Fsp3) is 0.300. The Morgan fingerprint density at radius 2 is 1.84 bits per heavy atom. The van der Waals surface area contributed by atoms with Crippen molar-refractivity contribution in [3.63, 3.8) is 0 Å². The molecule has 2 aliphatic rings. The summed E-state index contributed by atoms with van der Waals surface area (Å²) >= 11 is 6.64. The van der Waals surface area contributed by atoms with E-state index in [9.17, 15) is 18.0 Å². The molecule has 1 aliphatic carbocycles. The summed E-state index contributed by atoms with van der Waals surface area (Å²) in [5.74, 6) is -1.91. The number of hydrogen-bond acceptors (Lipinski definition) is 8. The number of anilines is 1. The van der Waals surface area contributed by atoms with Gasteiger partial charge in [-0.25, -0.2) is 36.5 Å². The van der Waals surface area contributed by atoms with Crippen molar-refractivity contribution in [1.82, 2.24) is 24.4 Å². The molecule has 1 atom stereocenters. The summed E-state index contributed by atoms with van der Waals surface area (Å²) in [5, 5.41) is -0.213. The number of rotatable bonds is 6. The highest BCUT2D eigenvalue weighted by molar-refractivity contribution is 7.90. The largest absolute Gasteiger partial charge is 0.355 e. The highest BCUT2D eigenvalue weighted by Crippen LogP contribution is 2.44. The van der Waals surface area contributed by atoms with E-state index in [-0.39, 0.29) is 56.1 Å². The number of pyridine rings is 2. The molecular weight excluding hydrogens is 614 g/mol. The second kappa shape index (κ2) is 11.0. The van der Waals surface area contributed by atoms with Crippen LogP contribution in [0.4, 0.5) is 14.6 Å². The van der Waals surface area contributed by atoms with Crippen LogP contribution in [-0.2, 0) is 14.6 Å². The maximum atomic E-state index is 15.0. The molecule has 1 aliphatic heterocycles. The van der Waals surface area contributed by atoms with Crippen molar-refractivity contribution in [3.05, 3.63) is 81.9 Å². The SMILES string of the molecule is C=CC(=O)N1CCN(c2nc(=O)n(-c3c(C4CC4)ccnc3S(C)(=O)=O)c3nc(-c4c(F)cccc4F)c(Cl)cc23)[C@@H](C)C1. The monoisotopic (exact) mass is 640 g/mol. The van der Waals surface area contributed by atoms with Gasteiger partial charge in [0.25, 0.3) is 0 Å². The normalized spacial score (nSPS) is 17.2. The Morgan fingerprint density at radius 3 is 2.45 bits per heavy atom. The summed E-state index contributed by atoms with van der Waals surface area (Å²) in [6.45, 7) is 6.32. The maximum absolute atomic E-state index is 15.0. The fourth-order valence-electron chi connectivity index (χ4n) is 5.70. The summed E-state index contributed by atoms with van der Waals surface area (Å²) in [5.41, 5.74) is -1.17.